The van der Waals surface area contributed by atoms with E-state index in [1.54, 1.807) is 6.07 Å². The number of alkyl halides is 3. The first-order valence-corrected chi connectivity index (χ1v) is 5.02. The molecule has 2 rings (SSSR count). The molecule has 0 saturated carbocycles. The van der Waals surface area contributed by atoms with Crippen LogP contribution in [0.25, 0.3) is 11.1 Å². The molecule has 0 atom stereocenters. The Balaban J connectivity index is 2.63. The van der Waals surface area contributed by atoms with Crippen molar-refractivity contribution in [2.75, 3.05) is 0 Å². The summed E-state index contributed by atoms with van der Waals surface area (Å²) in [6.45, 7) is -1.35. The van der Waals surface area contributed by atoms with Crippen LogP contribution in [0.15, 0.2) is 31.9 Å². The lowest BCUT2D eigenvalue weighted by molar-refractivity contribution is -0.140. The van der Waals surface area contributed by atoms with E-state index < -0.39 is 18.5 Å². The van der Waals surface area contributed by atoms with E-state index in [1.165, 1.54) is 12.1 Å². The number of nitrogens with zero attached hydrogens (tertiary/aromatic N) is 1. The highest BCUT2D eigenvalue weighted by Crippen LogP contribution is 2.23. The fraction of sp³-hybridized carbons (Fsp3) is 0.222. The molecule has 0 aliphatic carbocycles. The number of hydrogen-bond donors (Lipinski definition) is 0. The summed E-state index contributed by atoms with van der Waals surface area (Å²) in [6.07, 6.45) is -4.46. The Morgan fingerprint density at radius 3 is 2.69 bits per heavy atom. The molecule has 0 fully saturated rings. The van der Waals surface area contributed by atoms with E-state index in [9.17, 15) is 18.0 Å². The van der Waals surface area contributed by atoms with Gasteiger partial charge >= 0.3 is 11.9 Å². The van der Waals surface area contributed by atoms with Crippen LogP contribution in [0.4, 0.5) is 13.2 Å². The second-order valence-corrected chi connectivity index (χ2v) is 4.10. The summed E-state index contributed by atoms with van der Waals surface area (Å²) in [6, 6.07) is 4.43. The summed E-state index contributed by atoms with van der Waals surface area (Å²) in [5.74, 6) is -1.01. The molecule has 1 aromatic carbocycles. The third-order valence-electron chi connectivity index (χ3n) is 1.97. The van der Waals surface area contributed by atoms with Crippen LogP contribution in [-0.4, -0.2) is 10.7 Å². The van der Waals surface area contributed by atoms with Crippen molar-refractivity contribution in [2.24, 2.45) is 0 Å². The molecule has 3 nitrogen and oxygen atoms in total. The van der Waals surface area contributed by atoms with Crippen molar-refractivity contribution in [3.63, 3.8) is 0 Å². The molecule has 0 saturated heterocycles. The molecule has 16 heavy (non-hydrogen) atoms. The fourth-order valence-corrected chi connectivity index (χ4v) is 1.71. The van der Waals surface area contributed by atoms with Crippen LogP contribution in [0.2, 0.25) is 0 Å². The van der Waals surface area contributed by atoms with Gasteiger partial charge in [0.25, 0.3) is 0 Å². The molecule has 1 heterocycles. The summed E-state index contributed by atoms with van der Waals surface area (Å²) in [5.41, 5.74) is 0.258. The maximum atomic E-state index is 12.2. The van der Waals surface area contributed by atoms with Crippen molar-refractivity contribution in [2.45, 2.75) is 12.7 Å². The standard InChI is InChI=1S/C9H5BrF3NO2/c10-5-1-2-7-6(3-5)14(8(15)16-7)4-9(11,12)13/h1-3H,4H2. The molecule has 86 valence electrons. The average Bonchev–Trinajstić information content (AvgIpc) is 2.42. The average molecular weight is 296 g/mol. The number of hydrogen-bond acceptors (Lipinski definition) is 2. The van der Waals surface area contributed by atoms with Gasteiger partial charge in [0.1, 0.15) is 6.54 Å². The number of oxazole rings is 1. The normalized spacial score (nSPS) is 12.2. The van der Waals surface area contributed by atoms with Gasteiger partial charge in [-0.1, -0.05) is 15.9 Å². The summed E-state index contributed by atoms with van der Waals surface area (Å²) >= 11 is 3.12. The monoisotopic (exact) mass is 295 g/mol. The van der Waals surface area contributed by atoms with E-state index >= 15 is 0 Å². The highest BCUT2D eigenvalue weighted by Gasteiger charge is 2.30. The van der Waals surface area contributed by atoms with E-state index in [1.807, 2.05) is 0 Å². The molecule has 2 aromatic rings. The minimum atomic E-state index is -4.46. The first-order chi connectivity index (χ1) is 7.37. The number of aromatic nitrogens is 1. The highest BCUT2D eigenvalue weighted by atomic mass is 79.9. The SMILES string of the molecule is O=c1oc2ccc(Br)cc2n1CC(F)(F)F. The molecule has 7 heteroatoms. The molecule has 0 unspecified atom stereocenters. The van der Waals surface area contributed by atoms with E-state index in [0.717, 1.165) is 0 Å². The van der Waals surface area contributed by atoms with Crippen LogP contribution in [0, 0.1) is 0 Å². The molecule has 0 radical (unpaired) electrons. The van der Waals surface area contributed by atoms with Gasteiger partial charge in [0.15, 0.2) is 5.58 Å². The molecule has 1 aromatic heterocycles. The Bertz CT molecular complexity index is 584. The van der Waals surface area contributed by atoms with Gasteiger partial charge in [-0.3, -0.25) is 4.57 Å². The third kappa shape index (κ3) is 2.13. The van der Waals surface area contributed by atoms with Gasteiger partial charge in [-0.25, -0.2) is 4.79 Å². The lowest BCUT2D eigenvalue weighted by atomic mass is 10.3. The molecule has 0 amide bonds. The smallest absolute Gasteiger partial charge is 0.408 e. The highest BCUT2D eigenvalue weighted by molar-refractivity contribution is 9.10. The Labute approximate surface area is 95.6 Å². The molecule has 0 spiro atoms. The second kappa shape index (κ2) is 3.65. The zero-order chi connectivity index (χ0) is 11.9. The first-order valence-electron chi connectivity index (χ1n) is 4.22. The summed E-state index contributed by atoms with van der Waals surface area (Å²) < 4.78 is 42.5. The summed E-state index contributed by atoms with van der Waals surface area (Å²) in [4.78, 5) is 11.2. The summed E-state index contributed by atoms with van der Waals surface area (Å²) in [7, 11) is 0. The van der Waals surface area contributed by atoms with E-state index in [4.69, 9.17) is 0 Å². The minimum absolute atomic E-state index is 0.122. The Morgan fingerprint density at radius 1 is 1.38 bits per heavy atom. The Morgan fingerprint density at radius 2 is 2.06 bits per heavy atom. The largest absolute Gasteiger partial charge is 0.420 e. The summed E-state index contributed by atoms with van der Waals surface area (Å²) in [5, 5.41) is 0. The maximum absolute atomic E-state index is 12.2. The van der Waals surface area contributed by atoms with Gasteiger partial charge in [-0.05, 0) is 18.2 Å². The molecule has 0 aliphatic rings. The van der Waals surface area contributed by atoms with Gasteiger partial charge in [0.05, 0.1) is 5.52 Å². The van der Waals surface area contributed by atoms with Gasteiger partial charge < -0.3 is 4.42 Å². The molecule has 0 aliphatic heterocycles. The fourth-order valence-electron chi connectivity index (χ4n) is 1.36. The van der Waals surface area contributed by atoms with Crippen LogP contribution >= 0.6 is 15.9 Å². The van der Waals surface area contributed by atoms with Crippen LogP contribution < -0.4 is 5.76 Å². The van der Waals surface area contributed by atoms with Gasteiger partial charge in [-0.15, -0.1) is 0 Å². The topological polar surface area (TPSA) is 35.1 Å². The van der Waals surface area contributed by atoms with Gasteiger partial charge in [0.2, 0.25) is 0 Å². The van der Waals surface area contributed by atoms with Crippen LogP contribution in [-0.2, 0) is 6.54 Å². The van der Waals surface area contributed by atoms with Gasteiger partial charge in [0, 0.05) is 4.47 Å². The quantitative estimate of drug-likeness (QED) is 0.811. The lowest BCUT2D eigenvalue weighted by Crippen LogP contribution is -2.24. The predicted molar refractivity (Wildman–Crippen MR) is 54.2 cm³/mol. The second-order valence-electron chi connectivity index (χ2n) is 3.18. The lowest BCUT2D eigenvalue weighted by Gasteiger charge is -2.06. The number of benzene rings is 1. The van der Waals surface area contributed by atoms with Gasteiger partial charge in [-0.2, -0.15) is 13.2 Å². The zero-order valence-electron chi connectivity index (χ0n) is 7.71. The maximum Gasteiger partial charge on any atom is 0.420 e. The number of rotatable bonds is 1. The van der Waals surface area contributed by atoms with E-state index in [-0.39, 0.29) is 11.1 Å². The number of halogens is 4. The third-order valence-corrected chi connectivity index (χ3v) is 2.46. The molecular formula is C9H5BrF3NO2. The van der Waals surface area contributed by atoms with Crippen molar-refractivity contribution in [3.05, 3.63) is 33.2 Å². The minimum Gasteiger partial charge on any atom is -0.408 e. The van der Waals surface area contributed by atoms with Crippen LogP contribution in [0.3, 0.4) is 0 Å². The van der Waals surface area contributed by atoms with Crippen molar-refractivity contribution in [1.29, 1.82) is 0 Å². The molecule has 0 N–H and O–H groups in total. The van der Waals surface area contributed by atoms with Crippen LogP contribution in [0.5, 0.6) is 0 Å². The Kier molecular flexibility index (Phi) is 2.57. The predicted octanol–water partition coefficient (Wildman–Crippen LogP) is 2.92. The van der Waals surface area contributed by atoms with E-state index in [0.29, 0.717) is 9.04 Å². The van der Waals surface area contributed by atoms with Crippen LogP contribution in [0.1, 0.15) is 0 Å². The number of fused-ring (bicyclic) bond motifs is 1. The van der Waals surface area contributed by atoms with Crippen molar-refractivity contribution in [3.8, 4) is 0 Å². The molecular weight excluding hydrogens is 291 g/mol. The van der Waals surface area contributed by atoms with E-state index in [2.05, 4.69) is 20.3 Å². The zero-order valence-corrected chi connectivity index (χ0v) is 9.30. The van der Waals surface area contributed by atoms with Crippen molar-refractivity contribution >= 4 is 27.0 Å². The van der Waals surface area contributed by atoms with Crippen molar-refractivity contribution < 1.29 is 17.6 Å². The Hall–Kier alpha value is -1.24. The molecule has 0 bridgehead atoms. The van der Waals surface area contributed by atoms with Crippen molar-refractivity contribution in [1.82, 2.24) is 4.57 Å². The first kappa shape index (κ1) is 11.3.